The van der Waals surface area contributed by atoms with Crippen LogP contribution in [0.1, 0.15) is 18.4 Å². The maximum absolute atomic E-state index is 12.6. The van der Waals surface area contributed by atoms with E-state index in [1.807, 2.05) is 29.3 Å². The fraction of sp³-hybridized carbons (Fsp3) is 0.412. The molecule has 4 rings (SSSR count). The van der Waals surface area contributed by atoms with Crippen LogP contribution in [0.2, 0.25) is 0 Å². The summed E-state index contributed by atoms with van der Waals surface area (Å²) in [7, 11) is 0. The Morgan fingerprint density at radius 1 is 1.09 bits per heavy atom. The summed E-state index contributed by atoms with van der Waals surface area (Å²) in [6, 6.07) is 5.75. The van der Waals surface area contributed by atoms with Crippen molar-refractivity contribution in [3.05, 3.63) is 48.5 Å². The summed E-state index contributed by atoms with van der Waals surface area (Å²) >= 11 is 0. The van der Waals surface area contributed by atoms with Gasteiger partial charge in [-0.05, 0) is 30.5 Å². The third kappa shape index (κ3) is 2.54. The minimum Gasteiger partial charge on any atom is -0.341 e. The normalized spacial score (nSPS) is 19.7. The first-order valence-electron chi connectivity index (χ1n) is 7.97. The predicted octanol–water partition coefficient (Wildman–Crippen LogP) is 1.50. The number of nitrogens with zero attached hydrogens (tertiary/aromatic N) is 5. The average molecular weight is 309 g/mol. The van der Waals surface area contributed by atoms with Gasteiger partial charge >= 0.3 is 0 Å². The van der Waals surface area contributed by atoms with E-state index in [0.29, 0.717) is 6.54 Å². The number of pyridine rings is 1. The SMILES string of the molecule is O=C1N(Cc2cccnc2)CC12CCN(c1ncccn1)CC2. The van der Waals surface area contributed by atoms with Gasteiger partial charge in [0, 0.05) is 51.0 Å². The molecule has 2 aromatic heterocycles. The molecule has 118 valence electrons. The lowest BCUT2D eigenvalue weighted by atomic mass is 9.71. The minimum atomic E-state index is -0.159. The Morgan fingerprint density at radius 3 is 2.52 bits per heavy atom. The number of aromatic nitrogens is 3. The van der Waals surface area contributed by atoms with Crippen LogP contribution in [-0.4, -0.2) is 45.4 Å². The molecule has 0 bridgehead atoms. The van der Waals surface area contributed by atoms with Crippen LogP contribution in [0.4, 0.5) is 5.95 Å². The molecule has 0 radical (unpaired) electrons. The van der Waals surface area contributed by atoms with Crippen molar-refractivity contribution in [2.75, 3.05) is 24.5 Å². The lowest BCUT2D eigenvalue weighted by molar-refractivity contribution is -0.163. The number of amides is 1. The molecule has 2 fully saturated rings. The Bertz CT molecular complexity index is 677. The average Bonchev–Trinajstić information content (AvgIpc) is 2.63. The monoisotopic (exact) mass is 309 g/mol. The molecule has 2 saturated heterocycles. The molecule has 0 aliphatic carbocycles. The molecule has 0 N–H and O–H groups in total. The van der Waals surface area contributed by atoms with Gasteiger partial charge in [0.15, 0.2) is 0 Å². The number of hydrogen-bond acceptors (Lipinski definition) is 5. The molecule has 6 nitrogen and oxygen atoms in total. The fourth-order valence-electron chi connectivity index (χ4n) is 3.55. The topological polar surface area (TPSA) is 62.2 Å². The lowest BCUT2D eigenvalue weighted by Crippen LogP contribution is -2.64. The second kappa shape index (κ2) is 5.61. The molecular weight excluding hydrogens is 290 g/mol. The van der Waals surface area contributed by atoms with Crippen molar-refractivity contribution in [2.45, 2.75) is 19.4 Å². The van der Waals surface area contributed by atoms with Crippen molar-refractivity contribution in [3.8, 4) is 0 Å². The smallest absolute Gasteiger partial charge is 0.231 e. The van der Waals surface area contributed by atoms with Gasteiger partial charge < -0.3 is 9.80 Å². The Labute approximate surface area is 135 Å². The Balaban J connectivity index is 1.36. The first-order chi connectivity index (χ1) is 11.3. The first-order valence-corrected chi connectivity index (χ1v) is 7.97. The van der Waals surface area contributed by atoms with Gasteiger partial charge in [-0.25, -0.2) is 9.97 Å². The quantitative estimate of drug-likeness (QED) is 0.804. The van der Waals surface area contributed by atoms with Gasteiger partial charge in [0.05, 0.1) is 5.41 Å². The third-order valence-electron chi connectivity index (χ3n) is 4.89. The third-order valence-corrected chi connectivity index (χ3v) is 4.89. The van der Waals surface area contributed by atoms with Crippen molar-refractivity contribution < 1.29 is 4.79 Å². The summed E-state index contributed by atoms with van der Waals surface area (Å²) in [5.74, 6) is 1.05. The Kier molecular flexibility index (Phi) is 3.44. The van der Waals surface area contributed by atoms with E-state index < -0.39 is 0 Å². The molecule has 1 amide bonds. The maximum atomic E-state index is 12.6. The van der Waals surface area contributed by atoms with E-state index in [2.05, 4.69) is 19.9 Å². The summed E-state index contributed by atoms with van der Waals surface area (Å²) < 4.78 is 0. The van der Waals surface area contributed by atoms with Crippen LogP contribution in [0.25, 0.3) is 0 Å². The van der Waals surface area contributed by atoms with Crippen LogP contribution in [-0.2, 0) is 11.3 Å². The molecule has 0 aromatic carbocycles. The Hall–Kier alpha value is -2.50. The number of piperidine rings is 1. The summed E-state index contributed by atoms with van der Waals surface area (Å²) in [5, 5.41) is 0. The zero-order chi connectivity index (χ0) is 15.7. The summed E-state index contributed by atoms with van der Waals surface area (Å²) in [6.45, 7) is 3.21. The standard InChI is InChI=1S/C17H19N5O/c23-15-17(13-22(15)12-14-3-1-6-18-11-14)4-9-21(10-5-17)16-19-7-2-8-20-16/h1-3,6-8,11H,4-5,9-10,12-13H2. The van der Waals surface area contributed by atoms with E-state index in [9.17, 15) is 4.79 Å². The van der Waals surface area contributed by atoms with Crippen molar-refractivity contribution in [1.82, 2.24) is 19.9 Å². The Morgan fingerprint density at radius 2 is 1.87 bits per heavy atom. The fourth-order valence-corrected chi connectivity index (χ4v) is 3.55. The van der Waals surface area contributed by atoms with Crippen LogP contribution in [0, 0.1) is 5.41 Å². The van der Waals surface area contributed by atoms with E-state index in [1.165, 1.54) is 0 Å². The highest BCUT2D eigenvalue weighted by Gasteiger charge is 2.52. The number of carbonyl (C=O) groups excluding carboxylic acids is 1. The van der Waals surface area contributed by atoms with Crippen LogP contribution >= 0.6 is 0 Å². The summed E-state index contributed by atoms with van der Waals surface area (Å²) in [6.07, 6.45) is 8.87. The van der Waals surface area contributed by atoms with Crippen molar-refractivity contribution >= 4 is 11.9 Å². The number of anilines is 1. The highest BCUT2D eigenvalue weighted by molar-refractivity contribution is 5.89. The second-order valence-electron chi connectivity index (χ2n) is 6.34. The first kappa shape index (κ1) is 14.1. The molecule has 0 unspecified atom stereocenters. The molecular formula is C17H19N5O. The van der Waals surface area contributed by atoms with Crippen molar-refractivity contribution in [2.24, 2.45) is 5.41 Å². The molecule has 2 aliphatic rings. The van der Waals surface area contributed by atoms with Crippen LogP contribution in [0.5, 0.6) is 0 Å². The number of carbonyl (C=O) groups is 1. The highest BCUT2D eigenvalue weighted by Crippen LogP contribution is 2.42. The van der Waals surface area contributed by atoms with Gasteiger partial charge in [0.1, 0.15) is 0 Å². The largest absolute Gasteiger partial charge is 0.341 e. The van der Waals surface area contributed by atoms with E-state index in [4.69, 9.17) is 0 Å². The van der Waals surface area contributed by atoms with Crippen molar-refractivity contribution in [1.29, 1.82) is 0 Å². The number of β-lactam (4-membered cyclic amide) rings is 1. The zero-order valence-corrected chi connectivity index (χ0v) is 12.9. The highest BCUT2D eigenvalue weighted by atomic mass is 16.2. The molecule has 2 aromatic rings. The number of rotatable bonds is 3. The predicted molar refractivity (Wildman–Crippen MR) is 85.6 cm³/mol. The molecule has 23 heavy (non-hydrogen) atoms. The maximum Gasteiger partial charge on any atom is 0.231 e. The molecule has 0 atom stereocenters. The van der Waals surface area contributed by atoms with Gasteiger partial charge in [-0.3, -0.25) is 9.78 Å². The van der Waals surface area contributed by atoms with Crippen LogP contribution in [0.3, 0.4) is 0 Å². The van der Waals surface area contributed by atoms with E-state index in [1.54, 1.807) is 18.6 Å². The molecule has 6 heteroatoms. The molecule has 0 saturated carbocycles. The minimum absolute atomic E-state index is 0.159. The summed E-state index contributed by atoms with van der Waals surface area (Å²) in [5.41, 5.74) is 0.929. The zero-order valence-electron chi connectivity index (χ0n) is 12.9. The lowest BCUT2D eigenvalue weighted by Gasteiger charge is -2.52. The van der Waals surface area contributed by atoms with Crippen LogP contribution in [0.15, 0.2) is 43.0 Å². The van der Waals surface area contributed by atoms with Gasteiger partial charge in [-0.2, -0.15) is 0 Å². The van der Waals surface area contributed by atoms with E-state index in [0.717, 1.165) is 44.0 Å². The van der Waals surface area contributed by atoms with Gasteiger partial charge in [0.25, 0.3) is 0 Å². The second-order valence-corrected chi connectivity index (χ2v) is 6.34. The van der Waals surface area contributed by atoms with Crippen molar-refractivity contribution in [3.63, 3.8) is 0 Å². The van der Waals surface area contributed by atoms with Gasteiger partial charge in [-0.15, -0.1) is 0 Å². The molecule has 4 heterocycles. The van der Waals surface area contributed by atoms with E-state index in [-0.39, 0.29) is 11.3 Å². The van der Waals surface area contributed by atoms with E-state index >= 15 is 0 Å². The van der Waals surface area contributed by atoms with Crippen LogP contribution < -0.4 is 4.90 Å². The number of likely N-dealkylation sites (tertiary alicyclic amines) is 1. The molecule has 1 spiro atoms. The summed E-state index contributed by atoms with van der Waals surface area (Å²) in [4.78, 5) is 29.4. The number of hydrogen-bond donors (Lipinski definition) is 0. The van der Waals surface area contributed by atoms with Gasteiger partial charge in [0.2, 0.25) is 11.9 Å². The van der Waals surface area contributed by atoms with Gasteiger partial charge in [-0.1, -0.05) is 6.07 Å². The molecule has 2 aliphatic heterocycles.